The van der Waals surface area contributed by atoms with Crippen molar-refractivity contribution >= 4 is 34.2 Å². The second-order valence-electron chi connectivity index (χ2n) is 5.13. The van der Waals surface area contributed by atoms with Crippen molar-refractivity contribution in [2.24, 2.45) is 0 Å². The number of carbonyl (C=O) groups is 1. The summed E-state index contributed by atoms with van der Waals surface area (Å²) in [5.74, 6) is 0.592. The molecular weight excluding hydrogens is 346 g/mol. The molecule has 0 fully saturated rings. The first-order valence-electron chi connectivity index (χ1n) is 7.34. The average Bonchev–Trinajstić information content (AvgIpc) is 2.60. The molecule has 7 heteroatoms. The van der Waals surface area contributed by atoms with Gasteiger partial charge in [-0.25, -0.2) is 0 Å². The van der Waals surface area contributed by atoms with Gasteiger partial charge in [-0.3, -0.25) is 9.59 Å². The fourth-order valence-corrected chi connectivity index (χ4v) is 2.50. The van der Waals surface area contributed by atoms with E-state index in [2.05, 4.69) is 5.32 Å². The van der Waals surface area contributed by atoms with Gasteiger partial charge in [0.1, 0.15) is 17.1 Å². The van der Waals surface area contributed by atoms with Crippen LogP contribution in [0, 0.1) is 0 Å². The highest BCUT2D eigenvalue weighted by Crippen LogP contribution is 2.27. The summed E-state index contributed by atoms with van der Waals surface area (Å²) in [5, 5.41) is 3.52. The van der Waals surface area contributed by atoms with Gasteiger partial charge in [0.05, 0.1) is 23.8 Å². The summed E-state index contributed by atoms with van der Waals surface area (Å²) in [4.78, 5) is 23.6. The Morgan fingerprint density at radius 3 is 2.80 bits per heavy atom. The zero-order chi connectivity index (χ0) is 17.8. The minimum absolute atomic E-state index is 0.137. The molecule has 0 atom stereocenters. The van der Waals surface area contributed by atoms with Gasteiger partial charge in [-0.1, -0.05) is 11.6 Å². The second-order valence-corrected chi connectivity index (χ2v) is 5.54. The standard InChI is InChI=1S/C18H14ClNO5/c1-23-16-5-2-11(8-14(16)19)20-18(22)10-25-12-3-4-13-15(21)6-7-24-17(13)9-12/h2-9H,10H2,1H3,(H,20,22). The zero-order valence-corrected chi connectivity index (χ0v) is 14.0. The minimum atomic E-state index is -0.351. The fourth-order valence-electron chi connectivity index (χ4n) is 2.24. The topological polar surface area (TPSA) is 77.8 Å². The van der Waals surface area contributed by atoms with Gasteiger partial charge in [-0.15, -0.1) is 0 Å². The number of nitrogens with one attached hydrogen (secondary N) is 1. The van der Waals surface area contributed by atoms with Crippen LogP contribution in [0.1, 0.15) is 0 Å². The number of ether oxygens (including phenoxy) is 2. The van der Waals surface area contributed by atoms with Crippen LogP contribution in [0.5, 0.6) is 11.5 Å². The van der Waals surface area contributed by atoms with Gasteiger partial charge in [-0.2, -0.15) is 0 Å². The smallest absolute Gasteiger partial charge is 0.262 e. The van der Waals surface area contributed by atoms with Crippen LogP contribution < -0.4 is 20.2 Å². The summed E-state index contributed by atoms with van der Waals surface area (Å²) in [6, 6.07) is 11.0. The first-order valence-corrected chi connectivity index (χ1v) is 7.72. The molecule has 0 aliphatic carbocycles. The molecule has 1 N–H and O–H groups in total. The summed E-state index contributed by atoms with van der Waals surface area (Å²) in [6.07, 6.45) is 1.31. The van der Waals surface area contributed by atoms with Crippen LogP contribution in [0.3, 0.4) is 0 Å². The SMILES string of the molecule is COc1ccc(NC(=O)COc2ccc3c(=O)ccoc3c2)cc1Cl. The van der Waals surface area contributed by atoms with Crippen LogP contribution in [0.2, 0.25) is 5.02 Å². The molecule has 25 heavy (non-hydrogen) atoms. The molecular formula is C18H14ClNO5. The molecule has 0 radical (unpaired) electrons. The molecule has 1 aromatic heterocycles. The van der Waals surface area contributed by atoms with E-state index in [-0.39, 0.29) is 17.9 Å². The van der Waals surface area contributed by atoms with E-state index in [1.807, 2.05) is 0 Å². The Labute approximate surface area is 147 Å². The number of anilines is 1. The van der Waals surface area contributed by atoms with Gasteiger partial charge in [0.15, 0.2) is 12.0 Å². The third-order valence-electron chi connectivity index (χ3n) is 3.44. The molecule has 0 saturated heterocycles. The maximum Gasteiger partial charge on any atom is 0.262 e. The number of benzene rings is 2. The molecule has 0 unspecified atom stereocenters. The number of amides is 1. The van der Waals surface area contributed by atoms with Crippen LogP contribution in [0.15, 0.2) is 57.9 Å². The molecule has 2 aromatic carbocycles. The fraction of sp³-hybridized carbons (Fsp3) is 0.111. The van der Waals surface area contributed by atoms with Crippen molar-refractivity contribution in [1.29, 1.82) is 0 Å². The lowest BCUT2D eigenvalue weighted by molar-refractivity contribution is -0.118. The van der Waals surface area contributed by atoms with E-state index >= 15 is 0 Å². The molecule has 1 amide bonds. The minimum Gasteiger partial charge on any atom is -0.495 e. The van der Waals surface area contributed by atoms with Gasteiger partial charge in [0, 0.05) is 17.8 Å². The molecule has 0 bridgehead atoms. The maximum absolute atomic E-state index is 12.0. The number of methoxy groups -OCH3 is 1. The van der Waals surface area contributed by atoms with Crippen molar-refractivity contribution in [3.05, 3.63) is 64.0 Å². The maximum atomic E-state index is 12.0. The van der Waals surface area contributed by atoms with Gasteiger partial charge >= 0.3 is 0 Å². The highest BCUT2D eigenvalue weighted by molar-refractivity contribution is 6.32. The Hall–Kier alpha value is -2.99. The Balaban J connectivity index is 1.64. The van der Waals surface area contributed by atoms with Gasteiger partial charge in [-0.05, 0) is 30.3 Å². The van der Waals surface area contributed by atoms with Gasteiger partial charge in [0.25, 0.3) is 5.91 Å². The van der Waals surface area contributed by atoms with E-state index in [0.29, 0.717) is 33.2 Å². The monoisotopic (exact) mass is 359 g/mol. The summed E-state index contributed by atoms with van der Waals surface area (Å²) in [7, 11) is 1.51. The van der Waals surface area contributed by atoms with Crippen molar-refractivity contribution in [3.63, 3.8) is 0 Å². The molecule has 128 valence electrons. The van der Waals surface area contributed by atoms with E-state index < -0.39 is 0 Å². The number of fused-ring (bicyclic) bond motifs is 1. The number of hydrogen-bond donors (Lipinski definition) is 1. The third-order valence-corrected chi connectivity index (χ3v) is 3.73. The van der Waals surface area contributed by atoms with Crippen LogP contribution in [0.4, 0.5) is 5.69 Å². The normalized spacial score (nSPS) is 10.5. The lowest BCUT2D eigenvalue weighted by Gasteiger charge is -2.09. The summed E-state index contributed by atoms with van der Waals surface area (Å²) in [5.41, 5.74) is 0.790. The Kier molecular flexibility index (Phi) is 4.90. The molecule has 1 heterocycles. The number of carbonyl (C=O) groups excluding carboxylic acids is 1. The average molecular weight is 360 g/mol. The Morgan fingerprint density at radius 2 is 2.04 bits per heavy atom. The van der Waals surface area contributed by atoms with Crippen LogP contribution >= 0.6 is 11.6 Å². The van der Waals surface area contributed by atoms with Crippen molar-refractivity contribution in [2.45, 2.75) is 0 Å². The first kappa shape index (κ1) is 16.9. The number of rotatable bonds is 5. The molecule has 0 aliphatic heterocycles. The summed E-state index contributed by atoms with van der Waals surface area (Å²) < 4.78 is 15.7. The van der Waals surface area contributed by atoms with E-state index in [0.717, 1.165) is 0 Å². The van der Waals surface area contributed by atoms with Gasteiger partial charge < -0.3 is 19.2 Å². The van der Waals surface area contributed by atoms with Crippen molar-refractivity contribution in [3.8, 4) is 11.5 Å². The third kappa shape index (κ3) is 3.92. The highest BCUT2D eigenvalue weighted by Gasteiger charge is 2.08. The van der Waals surface area contributed by atoms with E-state index in [1.165, 1.54) is 19.4 Å². The molecule has 0 spiro atoms. The van der Waals surface area contributed by atoms with E-state index in [9.17, 15) is 9.59 Å². The molecule has 3 aromatic rings. The van der Waals surface area contributed by atoms with Crippen LogP contribution in [-0.4, -0.2) is 19.6 Å². The van der Waals surface area contributed by atoms with Gasteiger partial charge in [0.2, 0.25) is 0 Å². The molecule has 3 rings (SSSR count). The number of halogens is 1. The molecule has 0 saturated carbocycles. The Morgan fingerprint density at radius 1 is 1.20 bits per heavy atom. The van der Waals surface area contributed by atoms with E-state index in [1.54, 1.807) is 36.4 Å². The van der Waals surface area contributed by atoms with Crippen molar-refractivity contribution in [1.82, 2.24) is 0 Å². The predicted octanol–water partition coefficient (Wildman–Crippen LogP) is 3.47. The van der Waals surface area contributed by atoms with Crippen molar-refractivity contribution < 1.29 is 18.7 Å². The number of hydrogen-bond acceptors (Lipinski definition) is 5. The lowest BCUT2D eigenvalue weighted by atomic mass is 10.2. The van der Waals surface area contributed by atoms with Crippen LogP contribution in [-0.2, 0) is 4.79 Å². The van der Waals surface area contributed by atoms with Crippen LogP contribution in [0.25, 0.3) is 11.0 Å². The predicted molar refractivity (Wildman–Crippen MR) is 94.6 cm³/mol. The highest BCUT2D eigenvalue weighted by atomic mass is 35.5. The quantitative estimate of drug-likeness (QED) is 0.754. The van der Waals surface area contributed by atoms with E-state index in [4.69, 9.17) is 25.5 Å². The van der Waals surface area contributed by atoms with Crippen molar-refractivity contribution in [2.75, 3.05) is 19.0 Å². The summed E-state index contributed by atoms with van der Waals surface area (Å²) in [6.45, 7) is -0.202. The molecule has 0 aliphatic rings. The first-order chi connectivity index (χ1) is 12.1. The lowest BCUT2D eigenvalue weighted by Crippen LogP contribution is -2.20. The zero-order valence-electron chi connectivity index (χ0n) is 13.2. The molecule has 6 nitrogen and oxygen atoms in total. The second kappa shape index (κ2) is 7.27. The largest absolute Gasteiger partial charge is 0.495 e. The Bertz CT molecular complexity index is 983. The summed E-state index contributed by atoms with van der Waals surface area (Å²) >= 11 is 6.01.